The molecule has 2 amide bonds. The average molecular weight is 418 g/mol. The molecular formula is C20H27N5O3S. The van der Waals surface area contributed by atoms with Crippen LogP contribution in [0.2, 0.25) is 0 Å². The number of carbonyl (C=O) groups excluding carboxylic acids is 2. The van der Waals surface area contributed by atoms with Crippen LogP contribution in [-0.4, -0.2) is 75.8 Å². The zero-order chi connectivity index (χ0) is 20.8. The molecule has 29 heavy (non-hydrogen) atoms. The molecule has 2 N–H and O–H groups in total. The Morgan fingerprint density at radius 1 is 1.17 bits per heavy atom. The topological polar surface area (TPSA) is 93.7 Å². The van der Waals surface area contributed by atoms with Crippen molar-refractivity contribution < 1.29 is 14.3 Å². The SMILES string of the molecule is CSCCC(N)C(=O)N1CCN(C(=O)Oc2cc(C)nn2-c2ccccc2)CC1. The number of nitrogens with two attached hydrogens (primary N) is 1. The third-order valence-electron chi connectivity index (χ3n) is 4.79. The van der Waals surface area contributed by atoms with Crippen molar-refractivity contribution in [3.8, 4) is 11.6 Å². The number of nitrogens with zero attached hydrogens (tertiary/aromatic N) is 4. The Morgan fingerprint density at radius 3 is 2.48 bits per heavy atom. The summed E-state index contributed by atoms with van der Waals surface area (Å²) >= 11 is 1.67. The lowest BCUT2D eigenvalue weighted by Crippen LogP contribution is -2.54. The molecule has 0 spiro atoms. The Kier molecular flexibility index (Phi) is 7.16. The fourth-order valence-electron chi connectivity index (χ4n) is 3.17. The van der Waals surface area contributed by atoms with Gasteiger partial charge in [0.1, 0.15) is 0 Å². The predicted molar refractivity (Wildman–Crippen MR) is 113 cm³/mol. The van der Waals surface area contributed by atoms with Crippen LogP contribution in [0, 0.1) is 6.92 Å². The van der Waals surface area contributed by atoms with Gasteiger partial charge in [-0.15, -0.1) is 0 Å². The second kappa shape index (κ2) is 9.80. The molecule has 1 atom stereocenters. The largest absolute Gasteiger partial charge is 0.416 e. The third-order valence-corrected chi connectivity index (χ3v) is 5.44. The summed E-state index contributed by atoms with van der Waals surface area (Å²) in [6.45, 7) is 3.59. The van der Waals surface area contributed by atoms with Crippen molar-refractivity contribution in [1.29, 1.82) is 0 Å². The zero-order valence-electron chi connectivity index (χ0n) is 16.8. The van der Waals surface area contributed by atoms with E-state index in [1.165, 1.54) is 0 Å². The number of ether oxygens (including phenoxy) is 1. The molecule has 1 fully saturated rings. The number of piperazine rings is 1. The lowest BCUT2D eigenvalue weighted by Gasteiger charge is -2.35. The van der Waals surface area contributed by atoms with E-state index in [1.54, 1.807) is 32.3 Å². The van der Waals surface area contributed by atoms with Crippen LogP contribution >= 0.6 is 11.8 Å². The molecule has 8 nitrogen and oxygen atoms in total. The molecule has 0 radical (unpaired) electrons. The van der Waals surface area contributed by atoms with Crippen molar-refractivity contribution in [2.24, 2.45) is 5.73 Å². The van der Waals surface area contributed by atoms with E-state index in [-0.39, 0.29) is 5.91 Å². The molecule has 1 aliphatic heterocycles. The fraction of sp³-hybridized carbons (Fsp3) is 0.450. The molecule has 9 heteroatoms. The number of benzene rings is 1. The number of thioether (sulfide) groups is 1. The van der Waals surface area contributed by atoms with Gasteiger partial charge in [0.05, 0.1) is 17.4 Å². The van der Waals surface area contributed by atoms with Crippen LogP contribution in [0.25, 0.3) is 5.69 Å². The number of carbonyl (C=O) groups is 2. The molecule has 0 bridgehead atoms. The van der Waals surface area contributed by atoms with Crippen molar-refractivity contribution in [2.45, 2.75) is 19.4 Å². The number of para-hydroxylation sites is 1. The molecule has 0 saturated carbocycles. The third kappa shape index (κ3) is 5.30. The van der Waals surface area contributed by atoms with Crippen LogP contribution < -0.4 is 10.5 Å². The van der Waals surface area contributed by atoms with Crippen molar-refractivity contribution in [3.05, 3.63) is 42.1 Å². The van der Waals surface area contributed by atoms with Crippen molar-refractivity contribution in [2.75, 3.05) is 38.2 Å². The van der Waals surface area contributed by atoms with Crippen molar-refractivity contribution >= 4 is 23.8 Å². The highest BCUT2D eigenvalue weighted by Gasteiger charge is 2.28. The first-order valence-electron chi connectivity index (χ1n) is 9.61. The Balaban J connectivity index is 1.58. The highest BCUT2D eigenvalue weighted by molar-refractivity contribution is 7.98. The molecule has 1 saturated heterocycles. The smallest absolute Gasteiger partial charge is 0.391 e. The molecule has 1 aromatic heterocycles. The van der Waals surface area contributed by atoms with E-state index in [2.05, 4.69) is 5.10 Å². The standard InChI is InChI=1S/C20H27N5O3S/c1-15-14-18(25(22-15)16-6-4-3-5-7-16)28-20(27)24-11-9-23(10-12-24)19(26)17(21)8-13-29-2/h3-7,14,17H,8-13,21H2,1-2H3. The van der Waals surface area contributed by atoms with Crippen LogP contribution in [-0.2, 0) is 4.79 Å². The van der Waals surface area contributed by atoms with E-state index in [0.29, 0.717) is 38.5 Å². The number of hydrogen-bond donors (Lipinski definition) is 1. The Morgan fingerprint density at radius 2 is 1.83 bits per heavy atom. The van der Waals surface area contributed by atoms with Gasteiger partial charge >= 0.3 is 6.09 Å². The second-order valence-electron chi connectivity index (χ2n) is 6.94. The van der Waals surface area contributed by atoms with Gasteiger partial charge in [-0.1, -0.05) is 18.2 Å². The summed E-state index contributed by atoms with van der Waals surface area (Å²) in [7, 11) is 0. The summed E-state index contributed by atoms with van der Waals surface area (Å²) in [6.07, 6.45) is 2.21. The van der Waals surface area contributed by atoms with Crippen LogP contribution in [0.1, 0.15) is 12.1 Å². The number of rotatable bonds is 6. The van der Waals surface area contributed by atoms with E-state index in [1.807, 2.05) is 43.5 Å². The molecule has 3 rings (SSSR count). The van der Waals surface area contributed by atoms with E-state index in [4.69, 9.17) is 10.5 Å². The highest BCUT2D eigenvalue weighted by atomic mass is 32.2. The molecule has 2 heterocycles. The first-order valence-corrected chi connectivity index (χ1v) is 11.0. The summed E-state index contributed by atoms with van der Waals surface area (Å²) in [6, 6.07) is 10.8. The van der Waals surface area contributed by atoms with Crippen molar-refractivity contribution in [3.63, 3.8) is 0 Å². The number of aromatic nitrogens is 2. The van der Waals surface area contributed by atoms with E-state index in [9.17, 15) is 9.59 Å². The summed E-state index contributed by atoms with van der Waals surface area (Å²) in [5, 5.41) is 4.41. The predicted octanol–water partition coefficient (Wildman–Crippen LogP) is 1.90. The number of aryl methyl sites for hydroxylation is 1. The van der Waals surface area contributed by atoms with E-state index < -0.39 is 12.1 Å². The Labute approximate surface area is 175 Å². The second-order valence-corrected chi connectivity index (χ2v) is 7.93. The Bertz CT molecular complexity index is 834. The van der Waals surface area contributed by atoms with Gasteiger partial charge in [0.2, 0.25) is 11.8 Å². The molecule has 0 aliphatic carbocycles. The van der Waals surface area contributed by atoms with Gasteiger partial charge in [0.15, 0.2) is 0 Å². The molecule has 156 valence electrons. The minimum absolute atomic E-state index is 0.0511. The fourth-order valence-corrected chi connectivity index (χ4v) is 3.66. The normalized spacial score (nSPS) is 15.3. The number of amides is 2. The highest BCUT2D eigenvalue weighted by Crippen LogP contribution is 2.20. The minimum Gasteiger partial charge on any atom is -0.391 e. The Hall–Kier alpha value is -2.52. The van der Waals surface area contributed by atoms with Crippen molar-refractivity contribution in [1.82, 2.24) is 19.6 Å². The van der Waals surface area contributed by atoms with Crippen LogP contribution in [0.3, 0.4) is 0 Å². The summed E-state index contributed by atoms with van der Waals surface area (Å²) in [5.41, 5.74) is 7.56. The molecule has 1 unspecified atom stereocenters. The van der Waals surface area contributed by atoms with Gasteiger partial charge in [-0.2, -0.15) is 16.9 Å². The maximum Gasteiger partial charge on any atom is 0.416 e. The average Bonchev–Trinajstić information content (AvgIpc) is 3.12. The van der Waals surface area contributed by atoms with Gasteiger partial charge < -0.3 is 20.3 Å². The van der Waals surface area contributed by atoms with Gasteiger partial charge in [-0.05, 0) is 37.5 Å². The summed E-state index contributed by atoms with van der Waals surface area (Å²) in [4.78, 5) is 28.4. The van der Waals surface area contributed by atoms with Gasteiger partial charge in [-0.3, -0.25) is 4.79 Å². The van der Waals surface area contributed by atoms with Crippen LogP contribution in [0.4, 0.5) is 4.79 Å². The summed E-state index contributed by atoms with van der Waals surface area (Å²) in [5.74, 6) is 1.18. The monoisotopic (exact) mass is 417 g/mol. The first kappa shape index (κ1) is 21.2. The summed E-state index contributed by atoms with van der Waals surface area (Å²) < 4.78 is 7.22. The molecule has 2 aromatic rings. The molecule has 1 aliphatic rings. The molecule has 1 aromatic carbocycles. The van der Waals surface area contributed by atoms with Crippen LogP contribution in [0.5, 0.6) is 5.88 Å². The van der Waals surface area contributed by atoms with Gasteiger partial charge in [0, 0.05) is 32.2 Å². The van der Waals surface area contributed by atoms with E-state index >= 15 is 0 Å². The zero-order valence-corrected chi connectivity index (χ0v) is 17.6. The minimum atomic E-state index is -0.482. The maximum absolute atomic E-state index is 12.6. The number of hydrogen-bond acceptors (Lipinski definition) is 6. The first-order chi connectivity index (χ1) is 14.0. The maximum atomic E-state index is 12.6. The van der Waals surface area contributed by atoms with Crippen LogP contribution in [0.15, 0.2) is 36.4 Å². The quantitative estimate of drug-likeness (QED) is 0.772. The lowest BCUT2D eigenvalue weighted by atomic mass is 10.2. The molecular weight excluding hydrogens is 390 g/mol. The van der Waals surface area contributed by atoms with Gasteiger partial charge in [0.25, 0.3) is 0 Å². The van der Waals surface area contributed by atoms with E-state index in [0.717, 1.165) is 17.1 Å². The van der Waals surface area contributed by atoms with Gasteiger partial charge in [-0.25, -0.2) is 9.48 Å². The lowest BCUT2D eigenvalue weighted by molar-refractivity contribution is -0.134.